The molecule has 0 unspecified atom stereocenters. The topological polar surface area (TPSA) is 58.4 Å². The van der Waals surface area contributed by atoms with Crippen LogP contribution >= 0.6 is 0 Å². The summed E-state index contributed by atoms with van der Waals surface area (Å²) in [6.45, 7) is 4.78. The zero-order valence-electron chi connectivity index (χ0n) is 13.9. The van der Waals surface area contributed by atoms with E-state index in [1.165, 1.54) is 0 Å². The van der Waals surface area contributed by atoms with Gasteiger partial charge in [-0.2, -0.15) is 0 Å². The van der Waals surface area contributed by atoms with Crippen molar-refractivity contribution in [2.24, 2.45) is 0 Å². The number of aromatic nitrogens is 1. The van der Waals surface area contributed by atoms with Crippen LogP contribution in [0.15, 0.2) is 34.9 Å². The number of halogens is 2. The van der Waals surface area contributed by atoms with E-state index in [1.807, 2.05) is 6.07 Å². The summed E-state index contributed by atoms with van der Waals surface area (Å²) in [5, 5.41) is 6.59. The molecule has 130 valence electrons. The molecule has 0 bridgehead atoms. The second kappa shape index (κ2) is 7.90. The number of carbonyl (C=O) groups excluding carboxylic acids is 1. The Labute approximate surface area is 139 Å². The Hall–Kier alpha value is -2.44. The average Bonchev–Trinajstić information content (AvgIpc) is 2.86. The minimum Gasteiger partial charge on any atom is -0.361 e. The highest BCUT2D eigenvalue weighted by Crippen LogP contribution is 2.21. The summed E-state index contributed by atoms with van der Waals surface area (Å²) in [5.41, 5.74) is 2.22. The average molecular weight is 337 g/mol. The predicted octanol–water partition coefficient (Wildman–Crippen LogP) is 3.83. The van der Waals surface area contributed by atoms with Crippen molar-refractivity contribution in [3.8, 4) is 0 Å². The zero-order valence-corrected chi connectivity index (χ0v) is 13.9. The number of hydrogen-bond acceptors (Lipinski definition) is 3. The molecule has 0 fully saturated rings. The quantitative estimate of drug-likeness (QED) is 0.871. The van der Waals surface area contributed by atoms with E-state index in [1.54, 1.807) is 45.0 Å². The van der Waals surface area contributed by atoms with Crippen molar-refractivity contribution in [3.05, 3.63) is 52.9 Å². The fourth-order valence-corrected chi connectivity index (χ4v) is 2.65. The summed E-state index contributed by atoms with van der Waals surface area (Å²) in [4.78, 5) is 13.5. The Morgan fingerprint density at radius 3 is 2.50 bits per heavy atom. The predicted molar refractivity (Wildman–Crippen MR) is 85.8 cm³/mol. The highest BCUT2D eigenvalue weighted by Gasteiger charge is 2.23. The Morgan fingerprint density at radius 2 is 1.96 bits per heavy atom. The largest absolute Gasteiger partial charge is 0.361 e. The maximum Gasteiger partial charge on any atom is 0.318 e. The molecule has 1 heterocycles. The molecule has 7 heteroatoms. The highest BCUT2D eigenvalue weighted by atomic mass is 19.3. The van der Waals surface area contributed by atoms with Crippen molar-refractivity contribution in [2.45, 2.75) is 39.8 Å². The van der Waals surface area contributed by atoms with Gasteiger partial charge >= 0.3 is 6.03 Å². The first-order valence-electron chi connectivity index (χ1n) is 7.68. The molecule has 0 saturated carbocycles. The van der Waals surface area contributed by atoms with Gasteiger partial charge in [0.2, 0.25) is 0 Å². The maximum atomic E-state index is 12.8. The van der Waals surface area contributed by atoms with E-state index in [2.05, 4.69) is 10.5 Å². The molecule has 0 radical (unpaired) electrons. The Bertz CT molecular complexity index is 654. The van der Waals surface area contributed by atoms with Crippen molar-refractivity contribution in [2.75, 3.05) is 6.54 Å². The number of rotatable bonds is 6. The Balaban J connectivity index is 2.09. The summed E-state index contributed by atoms with van der Waals surface area (Å²) in [7, 11) is 0. The lowest BCUT2D eigenvalue weighted by Crippen LogP contribution is -2.43. The third-order valence-corrected chi connectivity index (χ3v) is 3.72. The van der Waals surface area contributed by atoms with Crippen molar-refractivity contribution in [1.29, 1.82) is 0 Å². The number of aryl methyl sites for hydroxylation is 2. The maximum absolute atomic E-state index is 12.8. The second-order valence-electron chi connectivity index (χ2n) is 5.67. The van der Waals surface area contributed by atoms with Crippen LogP contribution in [0.4, 0.5) is 13.6 Å². The first kappa shape index (κ1) is 17.9. The number of nitrogens with one attached hydrogen (secondary N) is 1. The number of alkyl halides is 2. The number of nitrogens with zero attached hydrogens (tertiary/aromatic N) is 2. The molecule has 0 aliphatic rings. The number of carbonyl (C=O) groups is 1. The van der Waals surface area contributed by atoms with Gasteiger partial charge in [-0.25, -0.2) is 13.6 Å². The standard InChI is InChI=1S/C17H21F2N3O2/c1-11(16-12(2)21-24-13(16)3)20-17(23)22(10-15(18)19)9-14-7-5-4-6-8-14/h4-8,11,15H,9-10H2,1-3H3,(H,20,23)/t11-/m0/s1. The second-order valence-corrected chi connectivity index (χ2v) is 5.67. The third-order valence-electron chi connectivity index (χ3n) is 3.72. The molecule has 0 saturated heterocycles. The van der Waals surface area contributed by atoms with E-state index in [0.29, 0.717) is 11.5 Å². The minimum absolute atomic E-state index is 0.116. The first-order valence-corrected chi connectivity index (χ1v) is 7.68. The smallest absolute Gasteiger partial charge is 0.318 e. The summed E-state index contributed by atoms with van der Waals surface area (Å²) >= 11 is 0. The van der Waals surface area contributed by atoms with Gasteiger partial charge in [0.1, 0.15) is 5.76 Å². The molecule has 1 N–H and O–H groups in total. The van der Waals surface area contributed by atoms with Crippen molar-refractivity contribution in [1.82, 2.24) is 15.4 Å². The molecule has 5 nitrogen and oxygen atoms in total. The van der Waals surface area contributed by atoms with Gasteiger partial charge in [-0.1, -0.05) is 35.5 Å². The molecule has 0 aliphatic carbocycles. The van der Waals surface area contributed by atoms with Gasteiger partial charge in [-0.15, -0.1) is 0 Å². The Kier molecular flexibility index (Phi) is 5.89. The molecular weight excluding hydrogens is 316 g/mol. The van der Waals surface area contributed by atoms with Crippen LogP contribution in [0.5, 0.6) is 0 Å². The van der Waals surface area contributed by atoms with E-state index in [-0.39, 0.29) is 12.6 Å². The first-order chi connectivity index (χ1) is 11.4. The van der Waals surface area contributed by atoms with Crippen LogP contribution < -0.4 is 5.32 Å². The lowest BCUT2D eigenvalue weighted by Gasteiger charge is -2.25. The van der Waals surface area contributed by atoms with Gasteiger partial charge in [0.05, 0.1) is 18.3 Å². The lowest BCUT2D eigenvalue weighted by atomic mass is 10.1. The number of benzene rings is 1. The summed E-state index contributed by atoms with van der Waals surface area (Å²) in [6.07, 6.45) is -2.60. The SMILES string of the molecule is Cc1noc(C)c1[C@H](C)NC(=O)N(Cc1ccccc1)CC(F)F. The summed E-state index contributed by atoms with van der Waals surface area (Å²) in [6, 6.07) is 8.10. The molecule has 1 atom stereocenters. The van der Waals surface area contributed by atoms with E-state index in [0.717, 1.165) is 16.0 Å². The normalized spacial score (nSPS) is 12.2. The van der Waals surface area contributed by atoms with Gasteiger partial charge in [-0.05, 0) is 26.3 Å². The lowest BCUT2D eigenvalue weighted by molar-refractivity contribution is 0.0949. The molecular formula is C17H21F2N3O2. The van der Waals surface area contributed by atoms with Crippen molar-refractivity contribution >= 4 is 6.03 Å². The molecule has 2 amide bonds. The monoisotopic (exact) mass is 337 g/mol. The van der Waals surface area contributed by atoms with Crippen LogP contribution in [0.1, 0.15) is 35.5 Å². The molecule has 1 aromatic carbocycles. The van der Waals surface area contributed by atoms with Gasteiger partial charge in [0, 0.05) is 12.1 Å². The van der Waals surface area contributed by atoms with Crippen LogP contribution in [0.2, 0.25) is 0 Å². The Morgan fingerprint density at radius 1 is 1.29 bits per heavy atom. The zero-order chi connectivity index (χ0) is 17.7. The van der Waals surface area contributed by atoms with Crippen LogP contribution in [0.25, 0.3) is 0 Å². The third kappa shape index (κ3) is 4.53. The van der Waals surface area contributed by atoms with E-state index < -0.39 is 19.0 Å². The van der Waals surface area contributed by atoms with Crippen LogP contribution in [-0.2, 0) is 6.54 Å². The van der Waals surface area contributed by atoms with E-state index >= 15 is 0 Å². The van der Waals surface area contributed by atoms with Crippen LogP contribution in [0.3, 0.4) is 0 Å². The number of hydrogen-bond donors (Lipinski definition) is 1. The molecule has 2 rings (SSSR count). The fourth-order valence-electron chi connectivity index (χ4n) is 2.65. The summed E-state index contributed by atoms with van der Waals surface area (Å²) < 4.78 is 30.8. The van der Waals surface area contributed by atoms with Crippen LogP contribution in [-0.4, -0.2) is 29.1 Å². The fraction of sp³-hybridized carbons (Fsp3) is 0.412. The van der Waals surface area contributed by atoms with E-state index in [4.69, 9.17) is 4.52 Å². The minimum atomic E-state index is -2.60. The molecule has 0 spiro atoms. The van der Waals surface area contributed by atoms with Gasteiger partial charge in [0.25, 0.3) is 6.43 Å². The molecule has 2 aromatic rings. The van der Waals surface area contributed by atoms with E-state index in [9.17, 15) is 13.6 Å². The highest BCUT2D eigenvalue weighted by molar-refractivity contribution is 5.74. The molecule has 24 heavy (non-hydrogen) atoms. The molecule has 0 aliphatic heterocycles. The van der Waals surface area contributed by atoms with Crippen molar-refractivity contribution in [3.63, 3.8) is 0 Å². The van der Waals surface area contributed by atoms with Gasteiger partial charge < -0.3 is 14.7 Å². The number of amides is 2. The number of urea groups is 1. The summed E-state index contributed by atoms with van der Waals surface area (Å²) in [5.74, 6) is 0.601. The van der Waals surface area contributed by atoms with Gasteiger partial charge in [-0.3, -0.25) is 0 Å². The van der Waals surface area contributed by atoms with Gasteiger partial charge in [0.15, 0.2) is 0 Å². The van der Waals surface area contributed by atoms with Crippen LogP contribution in [0, 0.1) is 13.8 Å². The van der Waals surface area contributed by atoms with Crippen molar-refractivity contribution < 1.29 is 18.1 Å². The molecule has 1 aromatic heterocycles.